The second kappa shape index (κ2) is 3.81. The van der Waals surface area contributed by atoms with Gasteiger partial charge < -0.3 is 0 Å². The lowest BCUT2D eigenvalue weighted by molar-refractivity contribution is 0.0990. The molecule has 13 heavy (non-hydrogen) atoms. The van der Waals surface area contributed by atoms with Crippen molar-refractivity contribution in [2.75, 3.05) is 0 Å². The number of hydrogen-bond acceptors (Lipinski definition) is 4. The van der Waals surface area contributed by atoms with Crippen LogP contribution in [0.3, 0.4) is 0 Å². The van der Waals surface area contributed by atoms with Crippen molar-refractivity contribution in [2.45, 2.75) is 6.42 Å². The minimum absolute atomic E-state index is 0.101. The van der Waals surface area contributed by atoms with Gasteiger partial charge in [0.15, 0.2) is 5.78 Å². The van der Waals surface area contributed by atoms with E-state index in [9.17, 15) is 4.79 Å². The monoisotopic (exact) mass is 209 g/mol. The Hall–Kier alpha value is -1.00. The van der Waals surface area contributed by atoms with Crippen LogP contribution in [0, 0.1) is 0 Å². The van der Waals surface area contributed by atoms with Crippen LogP contribution in [0.5, 0.6) is 0 Å². The summed E-state index contributed by atoms with van der Waals surface area (Å²) in [4.78, 5) is 16.6. The van der Waals surface area contributed by atoms with E-state index in [4.69, 9.17) is 0 Å². The Balaban J connectivity index is 2.08. The number of thiophene rings is 1. The Morgan fingerprint density at radius 3 is 3.08 bits per heavy atom. The lowest BCUT2D eigenvalue weighted by Gasteiger charge is -1.92. The predicted octanol–water partition coefficient (Wildman–Crippen LogP) is 2.63. The molecule has 4 heteroatoms. The molecule has 0 atom stereocenters. The zero-order valence-corrected chi connectivity index (χ0v) is 8.40. The van der Waals surface area contributed by atoms with Crippen molar-refractivity contribution in [3.05, 3.63) is 39.0 Å². The molecule has 2 aromatic rings. The third-order valence-corrected chi connectivity index (χ3v) is 3.10. The third-order valence-electron chi connectivity index (χ3n) is 1.63. The minimum atomic E-state index is 0.101. The molecule has 0 saturated carbocycles. The molecule has 0 aliphatic heterocycles. The van der Waals surface area contributed by atoms with E-state index in [2.05, 4.69) is 4.98 Å². The fourth-order valence-corrected chi connectivity index (χ4v) is 2.27. The molecule has 0 saturated heterocycles. The smallest absolute Gasteiger partial charge is 0.187 e. The highest BCUT2D eigenvalue weighted by Crippen LogP contribution is 2.12. The maximum atomic E-state index is 11.5. The zero-order valence-electron chi connectivity index (χ0n) is 6.77. The number of aromatic nitrogens is 1. The summed E-state index contributed by atoms with van der Waals surface area (Å²) in [5.41, 5.74) is 2.26. The van der Waals surface area contributed by atoms with Gasteiger partial charge in [0.2, 0.25) is 0 Å². The number of rotatable bonds is 3. The summed E-state index contributed by atoms with van der Waals surface area (Å²) in [5, 5.41) is 3.76. The molecule has 0 spiro atoms. The van der Waals surface area contributed by atoms with E-state index < -0.39 is 0 Å². The van der Waals surface area contributed by atoms with Crippen LogP contribution < -0.4 is 0 Å². The van der Waals surface area contributed by atoms with E-state index >= 15 is 0 Å². The van der Waals surface area contributed by atoms with E-state index in [0.29, 0.717) is 12.1 Å². The average Bonchev–Trinajstić information content (AvgIpc) is 2.74. The summed E-state index contributed by atoms with van der Waals surface area (Å²) in [6.07, 6.45) is 0.474. The highest BCUT2D eigenvalue weighted by molar-refractivity contribution is 7.10. The fourth-order valence-electron chi connectivity index (χ4n) is 1.01. The summed E-state index contributed by atoms with van der Waals surface area (Å²) in [6, 6.07) is 3.92. The average molecular weight is 209 g/mol. The summed E-state index contributed by atoms with van der Waals surface area (Å²) >= 11 is 3.06. The Morgan fingerprint density at radius 2 is 2.46 bits per heavy atom. The first-order chi connectivity index (χ1) is 6.36. The topological polar surface area (TPSA) is 30.0 Å². The van der Waals surface area contributed by atoms with Crippen molar-refractivity contribution < 1.29 is 4.79 Å². The SMILES string of the molecule is O=C(Cc1cccs1)c1cscn1. The molecule has 0 N–H and O–H groups in total. The van der Waals surface area contributed by atoms with Gasteiger partial charge in [-0.1, -0.05) is 6.07 Å². The van der Waals surface area contributed by atoms with Gasteiger partial charge >= 0.3 is 0 Å². The molecule has 66 valence electrons. The Bertz CT molecular complexity index is 378. The molecule has 0 radical (unpaired) electrons. The van der Waals surface area contributed by atoms with Crippen molar-refractivity contribution in [3.63, 3.8) is 0 Å². The van der Waals surface area contributed by atoms with E-state index in [0.717, 1.165) is 4.88 Å². The van der Waals surface area contributed by atoms with Crippen molar-refractivity contribution in [2.24, 2.45) is 0 Å². The zero-order chi connectivity index (χ0) is 9.10. The lowest BCUT2D eigenvalue weighted by atomic mass is 10.2. The van der Waals surface area contributed by atoms with Crippen LogP contribution in [0.15, 0.2) is 28.4 Å². The number of hydrogen-bond donors (Lipinski definition) is 0. The van der Waals surface area contributed by atoms with Crippen LogP contribution >= 0.6 is 22.7 Å². The van der Waals surface area contributed by atoms with Gasteiger partial charge in [-0.05, 0) is 11.4 Å². The summed E-state index contributed by atoms with van der Waals surface area (Å²) in [6.45, 7) is 0. The Morgan fingerprint density at radius 1 is 1.54 bits per heavy atom. The van der Waals surface area contributed by atoms with Gasteiger partial charge in [-0.3, -0.25) is 4.79 Å². The van der Waals surface area contributed by atoms with Gasteiger partial charge in [0.25, 0.3) is 0 Å². The number of carbonyl (C=O) groups excluding carboxylic acids is 1. The maximum absolute atomic E-state index is 11.5. The predicted molar refractivity (Wildman–Crippen MR) is 54.5 cm³/mol. The molecule has 2 nitrogen and oxygen atoms in total. The molecular weight excluding hydrogens is 202 g/mol. The van der Waals surface area contributed by atoms with Crippen molar-refractivity contribution in [1.29, 1.82) is 0 Å². The summed E-state index contributed by atoms with van der Waals surface area (Å²) in [7, 11) is 0. The largest absolute Gasteiger partial charge is 0.292 e. The molecule has 2 rings (SSSR count). The van der Waals surface area contributed by atoms with Gasteiger partial charge in [-0.15, -0.1) is 22.7 Å². The second-order valence-electron chi connectivity index (χ2n) is 2.55. The second-order valence-corrected chi connectivity index (χ2v) is 4.30. The minimum Gasteiger partial charge on any atom is -0.292 e. The first kappa shape index (κ1) is 8.59. The van der Waals surface area contributed by atoms with E-state index in [1.165, 1.54) is 11.3 Å². The molecule has 0 amide bonds. The van der Waals surface area contributed by atoms with Crippen LogP contribution in [0.2, 0.25) is 0 Å². The van der Waals surface area contributed by atoms with E-state index in [-0.39, 0.29) is 5.78 Å². The first-order valence-corrected chi connectivity index (χ1v) is 5.62. The molecule has 0 unspecified atom stereocenters. The van der Waals surface area contributed by atoms with Crippen LogP contribution in [0.1, 0.15) is 15.4 Å². The summed E-state index contributed by atoms with van der Waals surface area (Å²) < 4.78 is 0. The molecule has 2 aromatic heterocycles. The van der Waals surface area contributed by atoms with Gasteiger partial charge in [0.1, 0.15) is 5.69 Å². The number of thiazole rings is 1. The molecule has 2 heterocycles. The molecule has 0 aromatic carbocycles. The number of carbonyl (C=O) groups is 1. The van der Waals surface area contributed by atoms with Crippen LogP contribution in [-0.2, 0) is 6.42 Å². The lowest BCUT2D eigenvalue weighted by Crippen LogP contribution is -2.01. The van der Waals surface area contributed by atoms with Crippen molar-refractivity contribution in [3.8, 4) is 0 Å². The molecule has 0 aliphatic carbocycles. The Labute approximate surface area is 83.9 Å². The number of ketones is 1. The third kappa shape index (κ3) is 2.02. The fraction of sp³-hybridized carbons (Fsp3) is 0.111. The number of nitrogens with zero attached hydrogens (tertiary/aromatic N) is 1. The van der Waals surface area contributed by atoms with Crippen molar-refractivity contribution >= 4 is 28.5 Å². The summed E-state index contributed by atoms with van der Waals surface area (Å²) in [5.74, 6) is 0.101. The van der Waals surface area contributed by atoms with Gasteiger partial charge in [0.05, 0.1) is 5.51 Å². The normalized spacial score (nSPS) is 10.2. The highest BCUT2D eigenvalue weighted by Gasteiger charge is 2.08. The molecule has 0 bridgehead atoms. The molecule has 0 fully saturated rings. The molecule has 0 aliphatic rings. The van der Waals surface area contributed by atoms with Crippen LogP contribution in [-0.4, -0.2) is 10.8 Å². The van der Waals surface area contributed by atoms with Crippen molar-refractivity contribution in [1.82, 2.24) is 4.98 Å². The number of Topliss-reactive ketones (excluding diaryl/α,β-unsaturated/α-hetero) is 1. The van der Waals surface area contributed by atoms with E-state index in [1.54, 1.807) is 22.2 Å². The van der Waals surface area contributed by atoms with Crippen LogP contribution in [0.25, 0.3) is 0 Å². The van der Waals surface area contributed by atoms with E-state index in [1.807, 2.05) is 17.5 Å². The maximum Gasteiger partial charge on any atom is 0.187 e. The first-order valence-electron chi connectivity index (χ1n) is 3.80. The van der Waals surface area contributed by atoms with Crippen LogP contribution in [0.4, 0.5) is 0 Å². The van der Waals surface area contributed by atoms with Gasteiger partial charge in [0, 0.05) is 16.7 Å². The van der Waals surface area contributed by atoms with Gasteiger partial charge in [-0.2, -0.15) is 0 Å². The highest BCUT2D eigenvalue weighted by atomic mass is 32.1. The Kier molecular flexibility index (Phi) is 2.52. The molecular formula is C9H7NOS2. The standard InChI is InChI=1S/C9H7NOS2/c11-9(8-5-12-6-10-8)4-7-2-1-3-13-7/h1-3,5-6H,4H2. The quantitative estimate of drug-likeness (QED) is 0.727. The van der Waals surface area contributed by atoms with Gasteiger partial charge in [-0.25, -0.2) is 4.98 Å².